The van der Waals surface area contributed by atoms with Crippen LogP contribution in [0.3, 0.4) is 0 Å². The average molecular weight is 442 g/mol. The number of rotatable bonds is 4. The standard InChI is InChI=1S/C21H29F3N4O3/c1-26-17-16(27(13-25-17)11-14-6-3-2-4-7-14)18(29)28(19(26)30)12-15-8-5-9-20(31,10-15)21(22,23)24/h13-15,31H,2-12H2,1H3/t15-,20?/m0/s1. The third-order valence-electron chi connectivity index (χ3n) is 7.08. The van der Waals surface area contributed by atoms with Crippen molar-refractivity contribution in [2.45, 2.75) is 82.7 Å². The van der Waals surface area contributed by atoms with Gasteiger partial charge in [-0.25, -0.2) is 9.78 Å². The highest BCUT2D eigenvalue weighted by atomic mass is 19.4. The molecule has 1 N–H and O–H groups in total. The number of hydrogen-bond acceptors (Lipinski definition) is 4. The van der Waals surface area contributed by atoms with Crippen LogP contribution in [0.15, 0.2) is 15.9 Å². The smallest absolute Gasteiger partial charge is 0.380 e. The van der Waals surface area contributed by atoms with E-state index in [1.807, 2.05) is 0 Å². The van der Waals surface area contributed by atoms with E-state index in [1.165, 1.54) is 18.0 Å². The van der Waals surface area contributed by atoms with Crippen LogP contribution in [0, 0.1) is 11.8 Å². The van der Waals surface area contributed by atoms with Crippen LogP contribution in [0.5, 0.6) is 0 Å². The van der Waals surface area contributed by atoms with Gasteiger partial charge in [0.2, 0.25) is 0 Å². The lowest BCUT2D eigenvalue weighted by molar-refractivity contribution is -0.274. The zero-order valence-corrected chi connectivity index (χ0v) is 17.7. The molecule has 0 saturated heterocycles. The maximum absolute atomic E-state index is 13.3. The molecule has 31 heavy (non-hydrogen) atoms. The van der Waals surface area contributed by atoms with Gasteiger partial charge in [-0.1, -0.05) is 19.3 Å². The molecule has 2 aromatic rings. The van der Waals surface area contributed by atoms with Crippen molar-refractivity contribution in [1.29, 1.82) is 0 Å². The van der Waals surface area contributed by atoms with Crippen LogP contribution < -0.4 is 11.2 Å². The highest BCUT2D eigenvalue weighted by Crippen LogP contribution is 2.43. The van der Waals surface area contributed by atoms with Gasteiger partial charge in [-0.2, -0.15) is 13.2 Å². The predicted octanol–water partition coefficient (Wildman–Crippen LogP) is 2.96. The Bertz CT molecular complexity index is 1060. The maximum atomic E-state index is 13.3. The van der Waals surface area contributed by atoms with Gasteiger partial charge in [-0.05, 0) is 50.4 Å². The number of fused-ring (bicyclic) bond motifs is 1. The van der Waals surface area contributed by atoms with Crippen LogP contribution in [-0.4, -0.2) is 35.6 Å². The topological polar surface area (TPSA) is 82.0 Å². The van der Waals surface area contributed by atoms with Crippen molar-refractivity contribution in [3.63, 3.8) is 0 Å². The quantitative estimate of drug-likeness (QED) is 0.789. The van der Waals surface area contributed by atoms with E-state index in [1.54, 1.807) is 10.9 Å². The number of imidazole rings is 1. The molecule has 0 bridgehead atoms. The first-order chi connectivity index (χ1) is 14.6. The first kappa shape index (κ1) is 22.1. The third-order valence-corrected chi connectivity index (χ3v) is 7.08. The third kappa shape index (κ3) is 4.06. The van der Waals surface area contributed by atoms with Crippen molar-refractivity contribution in [3.05, 3.63) is 27.2 Å². The molecule has 1 unspecified atom stereocenters. The number of nitrogens with zero attached hydrogens (tertiary/aromatic N) is 4. The van der Waals surface area contributed by atoms with E-state index in [0.29, 0.717) is 24.4 Å². The lowest BCUT2D eigenvalue weighted by Gasteiger charge is -2.38. The number of aryl methyl sites for hydroxylation is 1. The van der Waals surface area contributed by atoms with Crippen LogP contribution in [-0.2, 0) is 20.1 Å². The number of aliphatic hydroxyl groups is 1. The van der Waals surface area contributed by atoms with Gasteiger partial charge in [0.15, 0.2) is 16.8 Å². The van der Waals surface area contributed by atoms with Gasteiger partial charge >= 0.3 is 11.9 Å². The van der Waals surface area contributed by atoms with E-state index in [0.717, 1.165) is 30.3 Å². The van der Waals surface area contributed by atoms with Crippen molar-refractivity contribution in [3.8, 4) is 0 Å². The summed E-state index contributed by atoms with van der Waals surface area (Å²) >= 11 is 0. The molecular weight excluding hydrogens is 413 g/mol. The Labute approximate surface area is 177 Å². The van der Waals surface area contributed by atoms with Crippen molar-refractivity contribution in [2.75, 3.05) is 0 Å². The normalized spacial score (nSPS) is 25.9. The van der Waals surface area contributed by atoms with Crippen LogP contribution in [0.2, 0.25) is 0 Å². The molecule has 2 aliphatic rings. The molecule has 2 aliphatic carbocycles. The molecule has 0 spiro atoms. The molecule has 10 heteroatoms. The molecule has 0 radical (unpaired) electrons. The minimum absolute atomic E-state index is 0.144. The second kappa shape index (κ2) is 8.11. The van der Waals surface area contributed by atoms with E-state index in [-0.39, 0.29) is 25.0 Å². The molecule has 7 nitrogen and oxygen atoms in total. The monoisotopic (exact) mass is 442 g/mol. The lowest BCUT2D eigenvalue weighted by atomic mass is 9.77. The number of hydrogen-bond donors (Lipinski definition) is 1. The van der Waals surface area contributed by atoms with Gasteiger partial charge in [-0.3, -0.25) is 13.9 Å². The molecule has 0 amide bonds. The Balaban J connectivity index is 1.67. The van der Waals surface area contributed by atoms with Crippen molar-refractivity contribution < 1.29 is 18.3 Å². The molecule has 2 heterocycles. The molecule has 2 aromatic heterocycles. The van der Waals surface area contributed by atoms with E-state index in [9.17, 15) is 27.9 Å². The predicted molar refractivity (Wildman–Crippen MR) is 109 cm³/mol. The van der Waals surface area contributed by atoms with Crippen LogP contribution in [0.25, 0.3) is 11.2 Å². The second-order valence-electron chi connectivity index (χ2n) is 9.32. The van der Waals surface area contributed by atoms with E-state index in [2.05, 4.69) is 4.98 Å². The fraction of sp³-hybridized carbons (Fsp3) is 0.762. The molecule has 2 saturated carbocycles. The lowest BCUT2D eigenvalue weighted by Crippen LogP contribution is -2.50. The van der Waals surface area contributed by atoms with E-state index in [4.69, 9.17) is 0 Å². The summed E-state index contributed by atoms with van der Waals surface area (Å²) < 4.78 is 44.0. The SMILES string of the molecule is Cn1c(=O)n(C[C@H]2CCCC(O)(C(F)(F)F)C2)c(=O)c2c1ncn2CC1CCCCC1. The van der Waals surface area contributed by atoms with Crippen LogP contribution in [0.4, 0.5) is 13.2 Å². The van der Waals surface area contributed by atoms with Gasteiger partial charge in [0.1, 0.15) is 0 Å². The minimum atomic E-state index is -4.73. The molecule has 0 aliphatic heterocycles. The Morgan fingerprint density at radius 1 is 1.10 bits per heavy atom. The Kier molecular flexibility index (Phi) is 5.78. The summed E-state index contributed by atoms with van der Waals surface area (Å²) in [6, 6.07) is 0. The second-order valence-corrected chi connectivity index (χ2v) is 9.32. The summed E-state index contributed by atoms with van der Waals surface area (Å²) in [6.07, 6.45) is 2.29. The Morgan fingerprint density at radius 3 is 2.45 bits per heavy atom. The first-order valence-electron chi connectivity index (χ1n) is 11.0. The molecular formula is C21H29F3N4O3. The average Bonchev–Trinajstić information content (AvgIpc) is 3.13. The zero-order valence-electron chi connectivity index (χ0n) is 17.7. The van der Waals surface area contributed by atoms with Crippen molar-refractivity contribution >= 4 is 11.2 Å². The van der Waals surface area contributed by atoms with Crippen molar-refractivity contribution in [2.24, 2.45) is 18.9 Å². The van der Waals surface area contributed by atoms with Crippen LogP contribution in [0.1, 0.15) is 57.8 Å². The maximum Gasteiger partial charge on any atom is 0.417 e. The summed E-state index contributed by atoms with van der Waals surface area (Å²) in [5.74, 6) is -0.172. The molecule has 2 atom stereocenters. The summed E-state index contributed by atoms with van der Waals surface area (Å²) in [5, 5.41) is 10.1. The van der Waals surface area contributed by atoms with E-state index < -0.39 is 35.4 Å². The molecule has 0 aromatic carbocycles. The highest BCUT2D eigenvalue weighted by Gasteiger charge is 2.55. The largest absolute Gasteiger partial charge is 0.417 e. The molecule has 4 rings (SSSR count). The van der Waals surface area contributed by atoms with Crippen molar-refractivity contribution in [1.82, 2.24) is 18.7 Å². The highest BCUT2D eigenvalue weighted by molar-refractivity contribution is 5.69. The number of halogens is 3. The summed E-state index contributed by atoms with van der Waals surface area (Å²) in [5.41, 5.74) is -3.28. The minimum Gasteiger partial charge on any atom is -0.380 e. The van der Waals surface area contributed by atoms with Gasteiger partial charge in [-0.15, -0.1) is 0 Å². The fourth-order valence-corrected chi connectivity index (χ4v) is 5.31. The van der Waals surface area contributed by atoms with Crippen LogP contribution >= 0.6 is 0 Å². The summed E-state index contributed by atoms with van der Waals surface area (Å²) in [4.78, 5) is 30.4. The zero-order chi connectivity index (χ0) is 22.4. The van der Waals surface area contributed by atoms with Gasteiger partial charge in [0.05, 0.1) is 6.33 Å². The van der Waals surface area contributed by atoms with Gasteiger partial charge in [0.25, 0.3) is 5.56 Å². The molecule has 2 fully saturated rings. The van der Waals surface area contributed by atoms with E-state index >= 15 is 0 Å². The number of aromatic nitrogens is 4. The number of alkyl halides is 3. The summed E-state index contributed by atoms with van der Waals surface area (Å²) in [6.45, 7) is 0.496. The first-order valence-corrected chi connectivity index (χ1v) is 11.0. The Morgan fingerprint density at radius 2 is 1.77 bits per heavy atom. The summed E-state index contributed by atoms with van der Waals surface area (Å²) in [7, 11) is 1.52. The fourth-order valence-electron chi connectivity index (χ4n) is 5.31. The van der Waals surface area contributed by atoms with Gasteiger partial charge in [0, 0.05) is 20.1 Å². The molecule has 172 valence electrons. The Hall–Kier alpha value is -2.10. The van der Waals surface area contributed by atoms with Gasteiger partial charge < -0.3 is 9.67 Å².